The number of benzene rings is 1. The number of amides is 1. The molecule has 134 valence electrons. The largest absolute Gasteiger partial charge is 0.335 e. The third-order valence-electron chi connectivity index (χ3n) is 4.09. The van der Waals surface area contributed by atoms with Crippen molar-refractivity contribution < 1.29 is 22.0 Å². The van der Waals surface area contributed by atoms with Gasteiger partial charge in [-0.3, -0.25) is 4.79 Å². The summed E-state index contributed by atoms with van der Waals surface area (Å²) in [5, 5.41) is 1.83. The number of carbonyl (C=O) groups excluding carboxylic acids is 1. The zero-order valence-corrected chi connectivity index (χ0v) is 15.0. The SMILES string of the molecule is Cc1ccsc1C(=O)N1CCN(S(=O)(=O)c2ccc(F)cc2F)CC1. The summed E-state index contributed by atoms with van der Waals surface area (Å²) < 4.78 is 53.0. The Kier molecular flexibility index (Phi) is 4.90. The molecule has 2 heterocycles. The Morgan fingerprint density at radius 1 is 1.12 bits per heavy atom. The summed E-state index contributed by atoms with van der Waals surface area (Å²) in [4.78, 5) is 14.1. The van der Waals surface area contributed by atoms with Crippen LogP contribution in [-0.2, 0) is 10.0 Å². The number of hydrogen-bond donors (Lipinski definition) is 0. The topological polar surface area (TPSA) is 57.7 Å². The molecule has 0 atom stereocenters. The number of halogens is 2. The molecule has 1 fully saturated rings. The number of aryl methyl sites for hydroxylation is 1. The smallest absolute Gasteiger partial charge is 0.264 e. The molecule has 5 nitrogen and oxygen atoms in total. The minimum atomic E-state index is -4.06. The fourth-order valence-electron chi connectivity index (χ4n) is 2.69. The third-order valence-corrected chi connectivity index (χ3v) is 7.03. The third kappa shape index (κ3) is 3.44. The minimum absolute atomic E-state index is 0.0648. The fourth-order valence-corrected chi connectivity index (χ4v) is 5.05. The van der Waals surface area contributed by atoms with Gasteiger partial charge in [0.05, 0.1) is 4.88 Å². The minimum Gasteiger partial charge on any atom is -0.335 e. The number of hydrogen-bond acceptors (Lipinski definition) is 4. The molecule has 3 rings (SSSR count). The van der Waals surface area contributed by atoms with Gasteiger partial charge in [0.15, 0.2) is 0 Å². The number of thiophene rings is 1. The molecule has 1 amide bonds. The van der Waals surface area contributed by atoms with Gasteiger partial charge in [-0.15, -0.1) is 11.3 Å². The highest BCUT2D eigenvalue weighted by Gasteiger charge is 2.32. The van der Waals surface area contributed by atoms with Crippen molar-refractivity contribution in [1.29, 1.82) is 0 Å². The molecule has 0 saturated carbocycles. The molecule has 1 aromatic heterocycles. The van der Waals surface area contributed by atoms with E-state index in [4.69, 9.17) is 0 Å². The Morgan fingerprint density at radius 3 is 2.36 bits per heavy atom. The van der Waals surface area contributed by atoms with E-state index in [9.17, 15) is 22.0 Å². The predicted octanol–water partition coefficient (Wildman–Crippen LogP) is 2.48. The summed E-state index contributed by atoms with van der Waals surface area (Å²) in [6.07, 6.45) is 0. The van der Waals surface area contributed by atoms with E-state index in [0.717, 1.165) is 22.0 Å². The van der Waals surface area contributed by atoms with Crippen LogP contribution in [0.25, 0.3) is 0 Å². The summed E-state index contributed by atoms with van der Waals surface area (Å²) in [5.41, 5.74) is 0.887. The van der Waals surface area contributed by atoms with Gasteiger partial charge in [0.1, 0.15) is 16.5 Å². The molecule has 9 heteroatoms. The van der Waals surface area contributed by atoms with Crippen molar-refractivity contribution in [2.24, 2.45) is 0 Å². The van der Waals surface area contributed by atoms with Crippen molar-refractivity contribution in [2.75, 3.05) is 26.2 Å². The van der Waals surface area contributed by atoms with Gasteiger partial charge in [0.25, 0.3) is 5.91 Å². The standard InChI is InChI=1S/C16H16F2N2O3S2/c1-11-4-9-24-15(11)16(21)19-5-7-20(8-6-19)25(22,23)14-3-2-12(17)10-13(14)18/h2-4,9-10H,5-8H2,1H3. The molecule has 1 aliphatic rings. The Hall–Kier alpha value is -1.84. The molecule has 0 bridgehead atoms. The van der Waals surface area contributed by atoms with Crippen molar-refractivity contribution in [3.8, 4) is 0 Å². The predicted molar refractivity (Wildman–Crippen MR) is 90.1 cm³/mol. The van der Waals surface area contributed by atoms with Crippen molar-refractivity contribution in [3.63, 3.8) is 0 Å². The van der Waals surface area contributed by atoms with Crippen LogP contribution in [0.2, 0.25) is 0 Å². The van der Waals surface area contributed by atoms with E-state index in [1.54, 1.807) is 4.90 Å². The first-order chi connectivity index (χ1) is 11.8. The van der Waals surface area contributed by atoms with Crippen LogP contribution in [0, 0.1) is 18.6 Å². The quantitative estimate of drug-likeness (QED) is 0.814. The lowest BCUT2D eigenvalue weighted by molar-refractivity contribution is 0.0702. The van der Waals surface area contributed by atoms with Gasteiger partial charge in [-0.05, 0) is 36.1 Å². The van der Waals surface area contributed by atoms with E-state index in [1.807, 2.05) is 18.4 Å². The van der Waals surface area contributed by atoms with Crippen LogP contribution in [0.5, 0.6) is 0 Å². The van der Waals surface area contributed by atoms with E-state index >= 15 is 0 Å². The molecule has 25 heavy (non-hydrogen) atoms. The average molecular weight is 386 g/mol. The van der Waals surface area contributed by atoms with Crippen LogP contribution in [0.15, 0.2) is 34.5 Å². The van der Waals surface area contributed by atoms with E-state index in [0.29, 0.717) is 10.9 Å². The summed E-state index contributed by atoms with van der Waals surface area (Å²) in [6, 6.07) is 4.24. The van der Waals surface area contributed by atoms with Gasteiger partial charge in [0.2, 0.25) is 10.0 Å². The molecular formula is C16H16F2N2O3S2. The molecule has 0 spiro atoms. The van der Waals surface area contributed by atoms with Crippen LogP contribution in [-0.4, -0.2) is 49.7 Å². The van der Waals surface area contributed by atoms with Crippen molar-refractivity contribution >= 4 is 27.3 Å². The molecule has 1 aliphatic heterocycles. The number of carbonyl (C=O) groups is 1. The summed E-state index contributed by atoms with van der Waals surface area (Å²) in [7, 11) is -4.06. The Bertz CT molecular complexity index is 904. The number of sulfonamides is 1. The molecular weight excluding hydrogens is 370 g/mol. The Morgan fingerprint density at radius 2 is 1.80 bits per heavy atom. The first-order valence-electron chi connectivity index (χ1n) is 7.59. The van der Waals surface area contributed by atoms with Crippen LogP contribution < -0.4 is 0 Å². The molecule has 2 aromatic rings. The monoisotopic (exact) mass is 386 g/mol. The lowest BCUT2D eigenvalue weighted by atomic mass is 10.2. The lowest BCUT2D eigenvalue weighted by Gasteiger charge is -2.34. The molecule has 1 aromatic carbocycles. The lowest BCUT2D eigenvalue weighted by Crippen LogP contribution is -2.50. The first kappa shape index (κ1) is 18.0. The van der Waals surface area contributed by atoms with Crippen LogP contribution in [0.1, 0.15) is 15.2 Å². The van der Waals surface area contributed by atoms with Gasteiger partial charge in [-0.1, -0.05) is 0 Å². The maximum absolute atomic E-state index is 13.8. The second-order valence-electron chi connectivity index (χ2n) is 5.70. The Balaban J connectivity index is 1.73. The molecule has 1 saturated heterocycles. The highest BCUT2D eigenvalue weighted by Crippen LogP contribution is 2.23. The van der Waals surface area contributed by atoms with E-state index < -0.39 is 26.6 Å². The molecule has 0 N–H and O–H groups in total. The van der Waals surface area contributed by atoms with Crippen molar-refractivity contribution in [1.82, 2.24) is 9.21 Å². The second kappa shape index (κ2) is 6.81. The van der Waals surface area contributed by atoms with Crippen molar-refractivity contribution in [3.05, 3.63) is 51.7 Å². The van der Waals surface area contributed by atoms with E-state index in [-0.39, 0.29) is 32.1 Å². The number of nitrogens with zero attached hydrogens (tertiary/aromatic N) is 2. The first-order valence-corrected chi connectivity index (χ1v) is 9.91. The van der Waals surface area contributed by atoms with E-state index in [2.05, 4.69) is 0 Å². The van der Waals surface area contributed by atoms with Gasteiger partial charge < -0.3 is 4.90 Å². The summed E-state index contributed by atoms with van der Waals surface area (Å²) in [6.45, 7) is 2.42. The Labute approximate surface area is 148 Å². The van der Waals surface area contributed by atoms with Gasteiger partial charge in [0, 0.05) is 32.2 Å². The normalized spacial score (nSPS) is 16.2. The zero-order chi connectivity index (χ0) is 18.2. The van der Waals surface area contributed by atoms with Crippen LogP contribution >= 0.6 is 11.3 Å². The maximum Gasteiger partial charge on any atom is 0.264 e. The van der Waals surface area contributed by atoms with Crippen molar-refractivity contribution in [2.45, 2.75) is 11.8 Å². The fraction of sp³-hybridized carbons (Fsp3) is 0.312. The molecule has 0 aliphatic carbocycles. The highest BCUT2D eigenvalue weighted by atomic mass is 32.2. The van der Waals surface area contributed by atoms with Crippen LogP contribution in [0.4, 0.5) is 8.78 Å². The number of piperazine rings is 1. The summed E-state index contributed by atoms with van der Waals surface area (Å²) in [5.74, 6) is -2.08. The molecule has 0 unspecified atom stereocenters. The average Bonchev–Trinajstić information content (AvgIpc) is 3.00. The zero-order valence-electron chi connectivity index (χ0n) is 13.4. The second-order valence-corrected chi connectivity index (χ2v) is 8.53. The highest BCUT2D eigenvalue weighted by molar-refractivity contribution is 7.89. The number of rotatable bonds is 3. The summed E-state index contributed by atoms with van der Waals surface area (Å²) >= 11 is 1.35. The van der Waals surface area contributed by atoms with Gasteiger partial charge in [-0.2, -0.15) is 4.31 Å². The van der Waals surface area contributed by atoms with Gasteiger partial charge >= 0.3 is 0 Å². The van der Waals surface area contributed by atoms with Crippen LogP contribution in [0.3, 0.4) is 0 Å². The van der Waals surface area contributed by atoms with Gasteiger partial charge in [-0.25, -0.2) is 17.2 Å². The maximum atomic E-state index is 13.8. The van der Waals surface area contributed by atoms with E-state index in [1.165, 1.54) is 11.3 Å². The molecule has 0 radical (unpaired) electrons.